The molecule has 1 saturated carbocycles. The van der Waals surface area contributed by atoms with Crippen molar-refractivity contribution in [1.29, 1.82) is 0 Å². The van der Waals surface area contributed by atoms with Crippen molar-refractivity contribution in [3.63, 3.8) is 0 Å². The van der Waals surface area contributed by atoms with Crippen LogP contribution in [0.4, 0.5) is 15.9 Å². The van der Waals surface area contributed by atoms with Crippen LogP contribution in [0.3, 0.4) is 0 Å². The summed E-state index contributed by atoms with van der Waals surface area (Å²) in [6.07, 6.45) is 4.21. The molecule has 0 spiro atoms. The Balaban J connectivity index is 1.62. The lowest BCUT2D eigenvalue weighted by Gasteiger charge is -2.11. The van der Waals surface area contributed by atoms with Crippen molar-refractivity contribution in [2.75, 3.05) is 16.8 Å². The van der Waals surface area contributed by atoms with Crippen LogP contribution in [0.1, 0.15) is 36.0 Å². The molecular formula is C18H20FN5O3S. The van der Waals surface area contributed by atoms with Gasteiger partial charge in [0, 0.05) is 11.6 Å². The van der Waals surface area contributed by atoms with E-state index in [0.717, 1.165) is 49.6 Å². The highest BCUT2D eigenvalue weighted by atomic mass is 32.2. The lowest BCUT2D eigenvalue weighted by atomic mass is 10.2. The van der Waals surface area contributed by atoms with Crippen LogP contribution in [0.25, 0.3) is 0 Å². The molecule has 1 heterocycles. The fraction of sp³-hybridized carbons (Fsp3) is 0.333. The predicted molar refractivity (Wildman–Crippen MR) is 105 cm³/mol. The van der Waals surface area contributed by atoms with Crippen LogP contribution in [0.5, 0.6) is 0 Å². The maximum Gasteiger partial charge on any atom is 0.277 e. The Bertz CT molecular complexity index is 926. The van der Waals surface area contributed by atoms with Crippen molar-refractivity contribution < 1.29 is 14.0 Å². The van der Waals surface area contributed by atoms with Crippen molar-refractivity contribution in [1.82, 2.24) is 15.3 Å². The molecule has 0 atom stereocenters. The smallest absolute Gasteiger partial charge is 0.277 e. The number of hydrogen-bond donors (Lipinski definition) is 4. The van der Waals surface area contributed by atoms with E-state index in [1.54, 1.807) is 0 Å². The van der Waals surface area contributed by atoms with Gasteiger partial charge in [0.25, 0.3) is 11.5 Å². The van der Waals surface area contributed by atoms with E-state index in [2.05, 4.69) is 20.6 Å². The zero-order valence-corrected chi connectivity index (χ0v) is 15.8. The van der Waals surface area contributed by atoms with E-state index in [0.29, 0.717) is 0 Å². The number of nitrogen functional groups attached to an aromatic ring is 1. The summed E-state index contributed by atoms with van der Waals surface area (Å²) in [6, 6.07) is 5.06. The zero-order chi connectivity index (χ0) is 20.1. The highest BCUT2D eigenvalue weighted by molar-refractivity contribution is 7.99. The van der Waals surface area contributed by atoms with Gasteiger partial charge < -0.3 is 16.4 Å². The number of halogens is 1. The second-order valence-corrected chi connectivity index (χ2v) is 7.39. The van der Waals surface area contributed by atoms with Gasteiger partial charge >= 0.3 is 0 Å². The van der Waals surface area contributed by atoms with Crippen molar-refractivity contribution in [3.8, 4) is 0 Å². The third kappa shape index (κ3) is 5.10. The Morgan fingerprint density at radius 3 is 2.57 bits per heavy atom. The lowest BCUT2D eigenvalue weighted by molar-refractivity contribution is -0.119. The fourth-order valence-electron chi connectivity index (χ4n) is 2.92. The van der Waals surface area contributed by atoms with E-state index in [9.17, 15) is 18.8 Å². The van der Waals surface area contributed by atoms with Gasteiger partial charge in [0.1, 0.15) is 11.5 Å². The molecule has 1 aliphatic rings. The molecule has 1 aliphatic carbocycles. The van der Waals surface area contributed by atoms with Gasteiger partial charge in [-0.05, 0) is 37.1 Å². The number of nitrogens with one attached hydrogen (secondary N) is 3. The van der Waals surface area contributed by atoms with Crippen LogP contribution in [0.2, 0.25) is 0 Å². The number of thioether (sulfide) groups is 1. The summed E-state index contributed by atoms with van der Waals surface area (Å²) in [6.45, 7) is 0. The predicted octanol–water partition coefficient (Wildman–Crippen LogP) is 1.89. The van der Waals surface area contributed by atoms with Crippen molar-refractivity contribution in [3.05, 3.63) is 46.0 Å². The third-order valence-electron chi connectivity index (χ3n) is 4.33. The number of carbonyl (C=O) groups excluding carboxylic acids is 2. The number of H-pyrrole nitrogens is 1. The van der Waals surface area contributed by atoms with Crippen molar-refractivity contribution in [2.24, 2.45) is 0 Å². The van der Waals surface area contributed by atoms with E-state index < -0.39 is 17.3 Å². The molecule has 0 saturated heterocycles. The lowest BCUT2D eigenvalue weighted by Crippen LogP contribution is -2.34. The number of nitrogens with two attached hydrogens (primary N) is 1. The molecule has 10 heteroatoms. The first kappa shape index (κ1) is 19.9. The van der Waals surface area contributed by atoms with Crippen LogP contribution in [-0.4, -0.2) is 33.6 Å². The zero-order valence-electron chi connectivity index (χ0n) is 15.0. The minimum absolute atomic E-state index is 0.0974. The maximum absolute atomic E-state index is 12.9. The molecule has 0 aliphatic heterocycles. The average molecular weight is 405 g/mol. The fourth-order valence-corrected chi connectivity index (χ4v) is 3.60. The average Bonchev–Trinajstić information content (AvgIpc) is 3.16. The van der Waals surface area contributed by atoms with Gasteiger partial charge in [-0.25, -0.2) is 9.37 Å². The molecule has 1 aromatic heterocycles. The van der Waals surface area contributed by atoms with Crippen LogP contribution in [0.15, 0.2) is 34.2 Å². The van der Waals surface area contributed by atoms with Crippen LogP contribution < -0.4 is 21.9 Å². The van der Waals surface area contributed by atoms with E-state index in [4.69, 9.17) is 5.73 Å². The Morgan fingerprint density at radius 1 is 1.25 bits per heavy atom. The number of aromatic nitrogens is 2. The largest absolute Gasteiger partial charge is 0.382 e. The quantitative estimate of drug-likeness (QED) is 0.429. The molecule has 0 radical (unpaired) electrons. The standard InChI is InChI=1S/C18H20FN5O3S/c19-11-7-5-10(6-8-11)16(26)22-14-15(20)23-18(24-17(14)27)28-9-13(25)21-12-3-1-2-4-12/h5-8,12H,1-4,9H2,(H,21,25)(H,22,26)(H3,20,23,24,27). The summed E-state index contributed by atoms with van der Waals surface area (Å²) in [5.41, 5.74) is 5.12. The monoisotopic (exact) mass is 405 g/mol. The minimum Gasteiger partial charge on any atom is -0.382 e. The number of nitrogens with zero attached hydrogens (tertiary/aromatic N) is 1. The first-order valence-corrected chi connectivity index (χ1v) is 9.80. The van der Waals surface area contributed by atoms with Gasteiger partial charge in [0.15, 0.2) is 11.0 Å². The summed E-state index contributed by atoms with van der Waals surface area (Å²) >= 11 is 1.05. The Morgan fingerprint density at radius 2 is 1.93 bits per heavy atom. The topological polar surface area (TPSA) is 130 Å². The Hall–Kier alpha value is -2.88. The first-order valence-electron chi connectivity index (χ1n) is 8.81. The van der Waals surface area contributed by atoms with Gasteiger partial charge in [-0.15, -0.1) is 0 Å². The maximum atomic E-state index is 12.9. The van der Waals surface area contributed by atoms with Crippen molar-refractivity contribution in [2.45, 2.75) is 36.9 Å². The molecule has 0 unspecified atom stereocenters. The Kier molecular flexibility index (Phi) is 6.30. The van der Waals surface area contributed by atoms with Gasteiger partial charge in [-0.2, -0.15) is 0 Å². The number of hydrogen-bond acceptors (Lipinski definition) is 6. The summed E-state index contributed by atoms with van der Waals surface area (Å²) < 4.78 is 12.9. The summed E-state index contributed by atoms with van der Waals surface area (Å²) in [4.78, 5) is 42.9. The molecule has 1 aromatic carbocycles. The molecule has 148 valence electrons. The number of benzene rings is 1. The number of carbonyl (C=O) groups is 2. The molecule has 2 amide bonds. The van der Waals surface area contributed by atoms with Crippen molar-refractivity contribution >= 4 is 35.1 Å². The molecule has 8 nitrogen and oxygen atoms in total. The molecule has 5 N–H and O–H groups in total. The van der Waals surface area contributed by atoms with Gasteiger partial charge in [0.05, 0.1) is 5.75 Å². The van der Waals surface area contributed by atoms with E-state index in [1.807, 2.05) is 0 Å². The van der Waals surface area contributed by atoms with E-state index in [1.165, 1.54) is 12.1 Å². The molecular weight excluding hydrogens is 385 g/mol. The van der Waals surface area contributed by atoms with E-state index in [-0.39, 0.29) is 39.9 Å². The second-order valence-electron chi connectivity index (χ2n) is 6.43. The Labute approximate surface area is 164 Å². The van der Waals surface area contributed by atoms with Crippen LogP contribution >= 0.6 is 11.8 Å². The number of rotatable bonds is 6. The van der Waals surface area contributed by atoms with E-state index >= 15 is 0 Å². The van der Waals surface area contributed by atoms with Gasteiger partial charge in [-0.3, -0.25) is 19.4 Å². The summed E-state index contributed by atoms with van der Waals surface area (Å²) in [7, 11) is 0. The molecule has 28 heavy (non-hydrogen) atoms. The molecule has 0 bridgehead atoms. The minimum atomic E-state index is -0.637. The summed E-state index contributed by atoms with van der Waals surface area (Å²) in [5.74, 6) is -1.30. The van der Waals surface area contributed by atoms with Crippen LogP contribution in [-0.2, 0) is 4.79 Å². The highest BCUT2D eigenvalue weighted by Gasteiger charge is 2.18. The van der Waals surface area contributed by atoms with Gasteiger partial charge in [0.2, 0.25) is 5.91 Å². The second kappa shape index (κ2) is 8.87. The normalized spacial score (nSPS) is 14.0. The first-order chi connectivity index (χ1) is 13.4. The third-order valence-corrected chi connectivity index (χ3v) is 5.20. The van der Waals surface area contributed by atoms with Gasteiger partial charge in [-0.1, -0.05) is 24.6 Å². The highest BCUT2D eigenvalue weighted by Crippen LogP contribution is 2.19. The van der Waals surface area contributed by atoms with Crippen LogP contribution in [0, 0.1) is 5.82 Å². The summed E-state index contributed by atoms with van der Waals surface area (Å²) in [5, 5.41) is 5.50. The molecule has 2 aromatic rings. The number of amides is 2. The number of anilines is 2. The number of aromatic amines is 1. The molecule has 1 fully saturated rings. The molecule has 3 rings (SSSR count). The SMILES string of the molecule is Nc1nc(SCC(=O)NC2CCCC2)[nH]c(=O)c1NC(=O)c1ccc(F)cc1.